The molecule has 0 aliphatic carbocycles. The lowest BCUT2D eigenvalue weighted by atomic mass is 10.0. The standard InChI is InChI=1S/C20H18FN7O2/c1-11(29)27-18(23)15-9-28(5-6-30-15)20-16-14(8-24-19(16)25-10-26-20)13-4-2-3-12(7-22)17(13)21/h2-4,8,10,15H,5-6,9H2,1H3,(H2,23,27,29)(H,24,25,26). The molecule has 1 aromatic carbocycles. The van der Waals surface area contributed by atoms with Crippen LogP contribution in [0.1, 0.15) is 12.5 Å². The Hall–Kier alpha value is -3.84. The minimum atomic E-state index is -0.631. The van der Waals surface area contributed by atoms with Crippen LogP contribution < -0.4 is 10.2 Å². The minimum Gasteiger partial charge on any atom is -0.367 e. The quantitative estimate of drug-likeness (QED) is 0.449. The van der Waals surface area contributed by atoms with Crippen LogP contribution in [-0.4, -0.2) is 52.5 Å². The van der Waals surface area contributed by atoms with Gasteiger partial charge in [0.05, 0.1) is 24.1 Å². The molecule has 0 radical (unpaired) electrons. The fourth-order valence-corrected chi connectivity index (χ4v) is 3.51. The molecular weight excluding hydrogens is 389 g/mol. The van der Waals surface area contributed by atoms with Crippen LogP contribution in [0.3, 0.4) is 0 Å². The summed E-state index contributed by atoms with van der Waals surface area (Å²) in [6.45, 7) is 2.45. The molecule has 1 fully saturated rings. The number of rotatable bonds is 3. The number of morpholine rings is 1. The Labute approximate surface area is 171 Å². The molecule has 1 amide bonds. The second kappa shape index (κ2) is 7.88. The molecule has 152 valence electrons. The molecule has 3 aromatic rings. The van der Waals surface area contributed by atoms with Gasteiger partial charge in [-0.2, -0.15) is 5.26 Å². The van der Waals surface area contributed by atoms with E-state index in [-0.39, 0.29) is 29.4 Å². The third-order valence-electron chi connectivity index (χ3n) is 4.86. The van der Waals surface area contributed by atoms with Gasteiger partial charge in [-0.1, -0.05) is 12.1 Å². The topological polar surface area (TPSA) is 131 Å². The first kappa shape index (κ1) is 19.5. The Morgan fingerprint density at radius 1 is 1.43 bits per heavy atom. The number of amides is 1. The van der Waals surface area contributed by atoms with Crippen molar-refractivity contribution in [1.82, 2.24) is 20.3 Å². The lowest BCUT2D eigenvalue weighted by molar-refractivity contribution is -0.117. The predicted octanol–water partition coefficient (Wildman–Crippen LogP) is 1.95. The maximum atomic E-state index is 14.8. The summed E-state index contributed by atoms with van der Waals surface area (Å²) in [5.74, 6) is -0.421. The van der Waals surface area contributed by atoms with E-state index in [0.29, 0.717) is 35.6 Å². The Morgan fingerprint density at radius 2 is 2.27 bits per heavy atom. The van der Waals surface area contributed by atoms with Crippen LogP contribution in [0.4, 0.5) is 10.2 Å². The van der Waals surface area contributed by atoms with Gasteiger partial charge in [0.2, 0.25) is 5.91 Å². The third-order valence-corrected chi connectivity index (χ3v) is 4.86. The molecule has 3 heterocycles. The van der Waals surface area contributed by atoms with E-state index in [0.717, 1.165) is 0 Å². The van der Waals surface area contributed by atoms with Crippen molar-refractivity contribution in [1.29, 1.82) is 10.7 Å². The maximum Gasteiger partial charge on any atom is 0.222 e. The Bertz CT molecular complexity index is 1180. The Morgan fingerprint density at radius 3 is 3.03 bits per heavy atom. The smallest absolute Gasteiger partial charge is 0.222 e. The van der Waals surface area contributed by atoms with Crippen LogP contribution in [0, 0.1) is 22.6 Å². The molecule has 10 heteroatoms. The number of halogens is 1. The zero-order chi connectivity index (χ0) is 21.3. The molecule has 0 spiro atoms. The van der Waals surface area contributed by atoms with E-state index >= 15 is 0 Å². The number of carbonyl (C=O) groups is 1. The number of carbonyl (C=O) groups excluding carboxylic acids is 1. The van der Waals surface area contributed by atoms with Crippen LogP contribution in [0.15, 0.2) is 30.7 Å². The summed E-state index contributed by atoms with van der Waals surface area (Å²) in [5, 5.41) is 20.3. The molecule has 1 saturated heterocycles. The van der Waals surface area contributed by atoms with Gasteiger partial charge in [-0.05, 0) is 6.07 Å². The molecule has 1 atom stereocenters. The highest BCUT2D eigenvalue weighted by Crippen LogP contribution is 2.36. The number of anilines is 1. The van der Waals surface area contributed by atoms with Gasteiger partial charge in [0, 0.05) is 30.8 Å². The second-order valence-electron chi connectivity index (χ2n) is 6.80. The summed E-state index contributed by atoms with van der Waals surface area (Å²) in [6, 6.07) is 6.50. The van der Waals surface area contributed by atoms with Gasteiger partial charge in [-0.3, -0.25) is 10.2 Å². The fourth-order valence-electron chi connectivity index (χ4n) is 3.51. The number of aromatic amines is 1. The third kappa shape index (κ3) is 3.46. The van der Waals surface area contributed by atoms with E-state index in [1.807, 2.05) is 11.0 Å². The second-order valence-corrected chi connectivity index (χ2v) is 6.80. The predicted molar refractivity (Wildman–Crippen MR) is 107 cm³/mol. The normalized spacial score (nSPS) is 16.3. The van der Waals surface area contributed by atoms with Crippen molar-refractivity contribution in [2.24, 2.45) is 0 Å². The van der Waals surface area contributed by atoms with Crippen molar-refractivity contribution in [2.45, 2.75) is 13.0 Å². The molecule has 1 aliphatic heterocycles. The first-order valence-electron chi connectivity index (χ1n) is 9.23. The number of amidine groups is 1. The van der Waals surface area contributed by atoms with E-state index in [1.54, 1.807) is 18.3 Å². The summed E-state index contributed by atoms with van der Waals surface area (Å²) >= 11 is 0. The average molecular weight is 407 g/mol. The van der Waals surface area contributed by atoms with Gasteiger partial charge in [0.15, 0.2) is 0 Å². The summed E-state index contributed by atoms with van der Waals surface area (Å²) in [7, 11) is 0. The summed E-state index contributed by atoms with van der Waals surface area (Å²) in [6.07, 6.45) is 2.41. The van der Waals surface area contributed by atoms with Gasteiger partial charge in [-0.25, -0.2) is 14.4 Å². The fraction of sp³-hybridized carbons (Fsp3) is 0.250. The van der Waals surface area contributed by atoms with Gasteiger partial charge in [0.25, 0.3) is 0 Å². The van der Waals surface area contributed by atoms with Crippen molar-refractivity contribution in [3.05, 3.63) is 42.1 Å². The van der Waals surface area contributed by atoms with Crippen molar-refractivity contribution < 1.29 is 13.9 Å². The number of nitriles is 1. The number of hydrogen-bond acceptors (Lipinski definition) is 7. The van der Waals surface area contributed by atoms with Crippen molar-refractivity contribution >= 4 is 28.6 Å². The molecule has 2 aromatic heterocycles. The number of fused-ring (bicyclic) bond motifs is 1. The van der Waals surface area contributed by atoms with Gasteiger partial charge < -0.3 is 19.9 Å². The zero-order valence-corrected chi connectivity index (χ0v) is 16.1. The molecule has 30 heavy (non-hydrogen) atoms. The van der Waals surface area contributed by atoms with Crippen LogP contribution in [-0.2, 0) is 9.53 Å². The maximum absolute atomic E-state index is 14.8. The minimum absolute atomic E-state index is 0.0282. The van der Waals surface area contributed by atoms with Crippen molar-refractivity contribution in [2.75, 3.05) is 24.6 Å². The molecular formula is C20H18FN7O2. The first-order chi connectivity index (χ1) is 14.5. The Kier molecular flexibility index (Phi) is 5.12. The summed E-state index contributed by atoms with van der Waals surface area (Å²) in [5.41, 5.74) is 1.29. The van der Waals surface area contributed by atoms with Gasteiger partial charge >= 0.3 is 0 Å². The molecule has 0 bridgehead atoms. The zero-order valence-electron chi connectivity index (χ0n) is 16.1. The SMILES string of the molecule is CC(=O)NC(=N)C1CN(c2ncnc3[nH]cc(-c4cccc(C#N)c4F)c23)CCO1. The van der Waals surface area contributed by atoms with Crippen LogP contribution in [0.5, 0.6) is 0 Å². The van der Waals surface area contributed by atoms with E-state index in [2.05, 4.69) is 20.3 Å². The number of ether oxygens (including phenoxy) is 1. The average Bonchev–Trinajstić information content (AvgIpc) is 3.17. The molecule has 9 nitrogen and oxygen atoms in total. The number of nitrogens with zero attached hydrogens (tertiary/aromatic N) is 4. The monoisotopic (exact) mass is 407 g/mol. The number of benzene rings is 1. The van der Waals surface area contributed by atoms with Gasteiger partial charge in [0.1, 0.15) is 41.6 Å². The Balaban J connectivity index is 1.76. The molecule has 4 rings (SSSR count). The van der Waals surface area contributed by atoms with Crippen LogP contribution in [0.25, 0.3) is 22.2 Å². The van der Waals surface area contributed by atoms with Gasteiger partial charge in [-0.15, -0.1) is 0 Å². The number of aromatic nitrogens is 3. The van der Waals surface area contributed by atoms with Crippen molar-refractivity contribution in [3.63, 3.8) is 0 Å². The lowest BCUT2D eigenvalue weighted by Gasteiger charge is -2.34. The summed E-state index contributed by atoms with van der Waals surface area (Å²) in [4.78, 5) is 24.9. The van der Waals surface area contributed by atoms with E-state index in [4.69, 9.17) is 15.4 Å². The van der Waals surface area contributed by atoms with E-state index in [1.165, 1.54) is 19.3 Å². The first-order valence-corrected chi connectivity index (χ1v) is 9.23. The highest BCUT2D eigenvalue weighted by Gasteiger charge is 2.28. The van der Waals surface area contributed by atoms with E-state index in [9.17, 15) is 9.18 Å². The van der Waals surface area contributed by atoms with Crippen LogP contribution >= 0.6 is 0 Å². The molecule has 1 aliphatic rings. The highest BCUT2D eigenvalue weighted by atomic mass is 19.1. The summed E-state index contributed by atoms with van der Waals surface area (Å²) < 4.78 is 20.5. The lowest BCUT2D eigenvalue weighted by Crippen LogP contribution is -2.50. The van der Waals surface area contributed by atoms with Crippen molar-refractivity contribution in [3.8, 4) is 17.2 Å². The van der Waals surface area contributed by atoms with E-state index < -0.39 is 11.9 Å². The number of hydrogen-bond donors (Lipinski definition) is 3. The molecule has 1 unspecified atom stereocenters. The number of H-pyrrole nitrogens is 1. The molecule has 0 saturated carbocycles. The molecule has 3 N–H and O–H groups in total. The van der Waals surface area contributed by atoms with Crippen LogP contribution in [0.2, 0.25) is 0 Å². The number of nitrogens with one attached hydrogen (secondary N) is 3. The largest absolute Gasteiger partial charge is 0.367 e. The highest BCUT2D eigenvalue weighted by molar-refractivity contribution is 6.02.